The molecule has 130 valence electrons. The lowest BCUT2D eigenvalue weighted by Gasteiger charge is -2.14. The summed E-state index contributed by atoms with van der Waals surface area (Å²) in [5.41, 5.74) is -2.77. The Morgan fingerprint density at radius 2 is 1.32 bits per heavy atom. The number of alkyl halides is 6. The van der Waals surface area contributed by atoms with E-state index in [1.54, 1.807) is 0 Å². The van der Waals surface area contributed by atoms with Gasteiger partial charge in [0.05, 0.1) is 16.7 Å². The van der Waals surface area contributed by atoms with Crippen molar-refractivity contribution in [1.82, 2.24) is 15.2 Å². The van der Waals surface area contributed by atoms with Gasteiger partial charge >= 0.3 is 12.4 Å². The lowest BCUT2D eigenvalue weighted by atomic mass is 9.99. The first kappa shape index (κ1) is 16.9. The average molecular weight is 359 g/mol. The van der Waals surface area contributed by atoms with Crippen molar-refractivity contribution in [1.29, 1.82) is 0 Å². The topological polar surface area (TPSA) is 51.8 Å². The molecule has 0 atom stereocenters. The molecule has 0 aliphatic rings. The molecule has 0 unspecified atom stereocenters. The van der Waals surface area contributed by atoms with E-state index in [-0.39, 0.29) is 28.6 Å². The van der Waals surface area contributed by atoms with Crippen molar-refractivity contribution >= 4 is 0 Å². The Morgan fingerprint density at radius 1 is 0.720 bits per heavy atom. The van der Waals surface area contributed by atoms with E-state index >= 15 is 0 Å². The first-order valence-corrected chi connectivity index (χ1v) is 6.66. The van der Waals surface area contributed by atoms with Crippen molar-refractivity contribution in [2.24, 2.45) is 0 Å². The number of halogens is 6. The van der Waals surface area contributed by atoms with Crippen molar-refractivity contribution < 1.29 is 30.8 Å². The van der Waals surface area contributed by atoms with Crippen LogP contribution in [0.2, 0.25) is 0 Å². The molecule has 4 nitrogen and oxygen atoms in total. The summed E-state index contributed by atoms with van der Waals surface area (Å²) >= 11 is 0. The van der Waals surface area contributed by atoms with Crippen LogP contribution in [0.4, 0.5) is 26.3 Å². The molecular weight excluding hydrogens is 352 g/mol. The van der Waals surface area contributed by atoms with Gasteiger partial charge in [-0.1, -0.05) is 0 Å². The smallest absolute Gasteiger partial charge is 0.416 e. The van der Waals surface area contributed by atoms with Crippen molar-refractivity contribution in [3.63, 3.8) is 0 Å². The van der Waals surface area contributed by atoms with E-state index in [2.05, 4.69) is 15.2 Å². The molecule has 0 aliphatic heterocycles. The Bertz CT molecular complexity index is 855. The van der Waals surface area contributed by atoms with Crippen LogP contribution in [0.3, 0.4) is 0 Å². The summed E-state index contributed by atoms with van der Waals surface area (Å²) < 4.78 is 82.6. The summed E-state index contributed by atoms with van der Waals surface area (Å²) in [6.45, 7) is 0. The van der Waals surface area contributed by atoms with Gasteiger partial charge in [-0.2, -0.15) is 26.3 Å². The summed E-state index contributed by atoms with van der Waals surface area (Å²) in [5, 5.41) is 7.07. The second-order valence-corrected chi connectivity index (χ2v) is 5.00. The number of pyridine rings is 1. The Hall–Kier alpha value is -2.91. The van der Waals surface area contributed by atoms with Crippen LogP contribution in [-0.2, 0) is 12.4 Å². The molecule has 0 aliphatic carbocycles. The SMILES string of the molecule is FC(F)(F)c1cc(-c2cncc(-c3nnco3)c2)cc(C(F)(F)F)c1. The quantitative estimate of drug-likeness (QED) is 0.615. The van der Waals surface area contributed by atoms with Gasteiger partial charge in [0.15, 0.2) is 0 Å². The molecule has 0 saturated carbocycles. The number of benzene rings is 1. The maximum atomic E-state index is 12.9. The standard InChI is InChI=1S/C15H7F6N3O/c16-14(17,18)11-2-8(3-12(4-11)15(19,20)21)9-1-10(6-22-5-9)13-24-23-7-25-13/h1-7H. The molecule has 0 bridgehead atoms. The molecule has 3 rings (SSSR count). The zero-order chi connectivity index (χ0) is 18.2. The monoisotopic (exact) mass is 359 g/mol. The number of hydrogen-bond acceptors (Lipinski definition) is 4. The third-order valence-corrected chi connectivity index (χ3v) is 3.27. The summed E-state index contributed by atoms with van der Waals surface area (Å²) in [6.07, 6.45) is -6.36. The Labute approximate surface area is 136 Å². The molecular formula is C15H7F6N3O. The van der Waals surface area contributed by atoms with Crippen molar-refractivity contribution in [3.8, 4) is 22.6 Å². The second kappa shape index (κ2) is 5.87. The van der Waals surface area contributed by atoms with E-state index in [0.29, 0.717) is 12.1 Å². The van der Waals surface area contributed by atoms with Gasteiger partial charge in [0.1, 0.15) is 0 Å². The molecule has 10 heteroatoms. The molecule has 2 aromatic heterocycles. The van der Waals surface area contributed by atoms with E-state index in [1.165, 1.54) is 12.3 Å². The number of nitrogens with zero attached hydrogens (tertiary/aromatic N) is 3. The lowest BCUT2D eigenvalue weighted by Crippen LogP contribution is -2.11. The molecule has 3 aromatic rings. The summed E-state index contributed by atoms with van der Waals surface area (Å²) in [4.78, 5) is 3.81. The van der Waals surface area contributed by atoms with Crippen LogP contribution in [0.1, 0.15) is 11.1 Å². The fourth-order valence-corrected chi connectivity index (χ4v) is 2.14. The highest BCUT2D eigenvalue weighted by atomic mass is 19.4. The van der Waals surface area contributed by atoms with Crippen molar-refractivity contribution in [2.45, 2.75) is 12.4 Å². The minimum absolute atomic E-state index is 0.0392. The van der Waals surface area contributed by atoms with Crippen molar-refractivity contribution in [3.05, 3.63) is 54.2 Å². The fraction of sp³-hybridized carbons (Fsp3) is 0.133. The van der Waals surface area contributed by atoms with Crippen LogP contribution in [0.25, 0.3) is 22.6 Å². The Balaban J connectivity index is 2.15. The number of hydrogen-bond donors (Lipinski definition) is 0. The van der Waals surface area contributed by atoms with E-state index in [0.717, 1.165) is 12.6 Å². The maximum absolute atomic E-state index is 12.9. The lowest BCUT2D eigenvalue weighted by molar-refractivity contribution is -0.143. The highest BCUT2D eigenvalue weighted by molar-refractivity contribution is 5.69. The molecule has 0 amide bonds. The van der Waals surface area contributed by atoms with Crippen LogP contribution < -0.4 is 0 Å². The van der Waals surface area contributed by atoms with Gasteiger partial charge in [0.2, 0.25) is 12.3 Å². The fourth-order valence-electron chi connectivity index (χ4n) is 2.14. The van der Waals surface area contributed by atoms with Crippen LogP contribution >= 0.6 is 0 Å². The van der Waals surface area contributed by atoms with E-state index < -0.39 is 23.5 Å². The van der Waals surface area contributed by atoms with Gasteiger partial charge in [-0.15, -0.1) is 10.2 Å². The first-order valence-electron chi connectivity index (χ1n) is 6.66. The van der Waals surface area contributed by atoms with Gasteiger partial charge in [-0.25, -0.2) is 0 Å². The molecule has 25 heavy (non-hydrogen) atoms. The normalized spacial score (nSPS) is 12.4. The van der Waals surface area contributed by atoms with Crippen LogP contribution in [0.15, 0.2) is 47.5 Å². The summed E-state index contributed by atoms with van der Waals surface area (Å²) in [7, 11) is 0. The van der Waals surface area contributed by atoms with Crippen molar-refractivity contribution in [2.75, 3.05) is 0 Å². The first-order chi connectivity index (χ1) is 11.6. The predicted molar refractivity (Wildman–Crippen MR) is 73.0 cm³/mol. The highest BCUT2D eigenvalue weighted by Gasteiger charge is 2.37. The third kappa shape index (κ3) is 3.62. The predicted octanol–water partition coefficient (Wildman–Crippen LogP) is 4.84. The third-order valence-electron chi connectivity index (χ3n) is 3.27. The van der Waals surface area contributed by atoms with Gasteiger partial charge in [-0.3, -0.25) is 4.98 Å². The van der Waals surface area contributed by atoms with E-state index in [1.807, 2.05) is 0 Å². The minimum atomic E-state index is -4.92. The van der Waals surface area contributed by atoms with Crippen LogP contribution in [0, 0.1) is 0 Å². The maximum Gasteiger partial charge on any atom is 0.416 e. The molecule has 0 spiro atoms. The van der Waals surface area contributed by atoms with Gasteiger partial charge in [0.25, 0.3) is 0 Å². The zero-order valence-electron chi connectivity index (χ0n) is 12.1. The summed E-state index contributed by atoms with van der Waals surface area (Å²) in [6, 6.07) is 2.64. The van der Waals surface area contributed by atoms with Gasteiger partial charge in [0, 0.05) is 18.0 Å². The van der Waals surface area contributed by atoms with Crippen LogP contribution in [0.5, 0.6) is 0 Å². The van der Waals surface area contributed by atoms with E-state index in [9.17, 15) is 26.3 Å². The van der Waals surface area contributed by atoms with Gasteiger partial charge < -0.3 is 4.42 Å². The number of aromatic nitrogens is 3. The molecule has 0 saturated heterocycles. The highest BCUT2D eigenvalue weighted by Crippen LogP contribution is 2.38. The average Bonchev–Trinajstić information content (AvgIpc) is 3.07. The molecule has 1 aromatic carbocycles. The Kier molecular flexibility index (Phi) is 3.97. The minimum Gasteiger partial charge on any atom is -0.423 e. The molecule has 0 N–H and O–H groups in total. The Morgan fingerprint density at radius 3 is 1.84 bits per heavy atom. The zero-order valence-corrected chi connectivity index (χ0v) is 12.1. The van der Waals surface area contributed by atoms with Gasteiger partial charge in [-0.05, 0) is 29.8 Å². The van der Waals surface area contributed by atoms with Crippen LogP contribution in [-0.4, -0.2) is 15.2 Å². The van der Waals surface area contributed by atoms with E-state index in [4.69, 9.17) is 4.42 Å². The molecule has 2 heterocycles. The molecule has 0 radical (unpaired) electrons. The number of rotatable bonds is 2. The second-order valence-electron chi connectivity index (χ2n) is 5.00. The largest absolute Gasteiger partial charge is 0.423 e. The molecule has 0 fully saturated rings. The summed E-state index contributed by atoms with van der Waals surface area (Å²) in [5.74, 6) is 0.0392.